The van der Waals surface area contributed by atoms with Crippen LogP contribution in [0.3, 0.4) is 0 Å². The third-order valence-electron chi connectivity index (χ3n) is 6.46. The minimum absolute atomic E-state index is 0.191. The quantitative estimate of drug-likeness (QED) is 0.243. The predicted octanol–water partition coefficient (Wildman–Crippen LogP) is 5.34. The lowest BCUT2D eigenvalue weighted by Gasteiger charge is -2.16. The Morgan fingerprint density at radius 1 is 1.05 bits per heavy atom. The second kappa shape index (κ2) is 12.6. The Labute approximate surface area is 241 Å². The van der Waals surface area contributed by atoms with Gasteiger partial charge in [0.05, 0.1) is 27.8 Å². The number of benzene rings is 2. The number of aromatic nitrogens is 5. The van der Waals surface area contributed by atoms with Crippen LogP contribution >= 0.6 is 11.6 Å². The Kier molecular flexibility index (Phi) is 8.51. The van der Waals surface area contributed by atoms with E-state index in [0.29, 0.717) is 51.8 Å². The minimum atomic E-state index is -0.448. The summed E-state index contributed by atoms with van der Waals surface area (Å²) in [6.07, 6.45) is 5.87. The van der Waals surface area contributed by atoms with Crippen LogP contribution in [0.15, 0.2) is 71.9 Å². The molecule has 0 fully saturated rings. The maximum absolute atomic E-state index is 13.8. The number of nitrogens with two attached hydrogens (primary N) is 1. The molecule has 0 aliphatic carbocycles. The number of halogens is 2. The van der Waals surface area contributed by atoms with Gasteiger partial charge in [0, 0.05) is 13.0 Å². The molecule has 5 aromatic rings. The Bertz CT molecular complexity index is 1830. The number of aryl methyl sites for hydroxylation is 1. The van der Waals surface area contributed by atoms with Gasteiger partial charge in [-0.05, 0) is 60.7 Å². The van der Waals surface area contributed by atoms with Gasteiger partial charge in [0.2, 0.25) is 0 Å². The van der Waals surface area contributed by atoms with Crippen molar-refractivity contribution < 1.29 is 4.39 Å². The molecule has 0 radical (unpaired) electrons. The minimum Gasteiger partial charge on any atom is -0.382 e. The second-order valence-electron chi connectivity index (χ2n) is 9.35. The second-order valence-corrected chi connectivity index (χ2v) is 9.75. The number of nitrogens with one attached hydrogen (secondary N) is 1. The lowest BCUT2D eigenvalue weighted by atomic mass is 10.1. The monoisotopic (exact) mass is 567 g/mol. The van der Waals surface area contributed by atoms with Gasteiger partial charge in [0.15, 0.2) is 0 Å². The molecule has 2 aromatic carbocycles. The van der Waals surface area contributed by atoms with Crippen LogP contribution in [0.4, 0.5) is 16.0 Å². The molecule has 3 heterocycles. The number of nitrogens with zero attached hydrogens (tertiary/aromatic N) is 5. The molecule has 206 valence electrons. The summed E-state index contributed by atoms with van der Waals surface area (Å²) in [5, 5.41) is 3.98. The van der Waals surface area contributed by atoms with Crippen molar-refractivity contribution in [2.24, 2.45) is 0 Å². The summed E-state index contributed by atoms with van der Waals surface area (Å²) >= 11 is 6.44. The number of unbranched alkanes of at least 4 members (excludes halogenated alkanes) is 1. The van der Waals surface area contributed by atoms with E-state index in [4.69, 9.17) is 22.3 Å². The summed E-state index contributed by atoms with van der Waals surface area (Å²) in [7, 11) is 0. The lowest BCUT2D eigenvalue weighted by Crippen LogP contribution is -2.26. The largest absolute Gasteiger partial charge is 0.382 e. The highest BCUT2D eigenvalue weighted by Crippen LogP contribution is 2.22. The number of fused-ring (bicyclic) bond motifs is 1. The van der Waals surface area contributed by atoms with E-state index in [1.54, 1.807) is 22.8 Å². The van der Waals surface area contributed by atoms with Gasteiger partial charge in [0.1, 0.15) is 40.9 Å². The number of hydrogen-bond donors (Lipinski definition) is 2. The van der Waals surface area contributed by atoms with E-state index in [1.165, 1.54) is 18.5 Å². The molecule has 0 atom stereocenters. The molecular weight excluding hydrogens is 541 g/mol. The molecule has 3 aromatic heterocycles. The van der Waals surface area contributed by atoms with Crippen molar-refractivity contribution in [1.82, 2.24) is 24.5 Å². The van der Waals surface area contributed by atoms with Crippen LogP contribution in [0.1, 0.15) is 42.4 Å². The molecule has 0 spiro atoms. The standard InChI is InChI=1S/C31H27ClFN7O/c1-2-3-6-20-7-4-8-23(17-20)40-27(39-26-10-5-9-25(32)28(26)31(40)41)15-16-35-30-24(29(34)37-19-38-30)14-13-22-12-11-21(33)18-36-22/h4-5,7-12,17-19H,2-3,6,15-16H2,1H3,(H3,34,35,37,38). The van der Waals surface area contributed by atoms with Crippen molar-refractivity contribution in [2.45, 2.75) is 32.6 Å². The molecular formula is C31H27ClFN7O. The molecule has 0 saturated carbocycles. The first-order chi connectivity index (χ1) is 19.9. The van der Waals surface area contributed by atoms with Crippen LogP contribution in [0.2, 0.25) is 5.02 Å². The molecule has 41 heavy (non-hydrogen) atoms. The number of anilines is 2. The first-order valence-electron chi connectivity index (χ1n) is 13.2. The third-order valence-corrected chi connectivity index (χ3v) is 6.78. The van der Waals surface area contributed by atoms with Crippen LogP contribution in [0, 0.1) is 17.7 Å². The summed E-state index contributed by atoms with van der Waals surface area (Å²) < 4.78 is 14.8. The van der Waals surface area contributed by atoms with E-state index in [1.807, 2.05) is 18.2 Å². The number of rotatable bonds is 8. The number of pyridine rings is 1. The summed E-state index contributed by atoms with van der Waals surface area (Å²) in [5.41, 5.74) is 9.04. The molecule has 0 aliphatic rings. The molecule has 5 rings (SSSR count). The van der Waals surface area contributed by atoms with Crippen LogP contribution in [-0.2, 0) is 12.8 Å². The molecule has 10 heteroatoms. The Balaban J connectivity index is 1.47. The highest BCUT2D eigenvalue weighted by atomic mass is 35.5. The molecule has 8 nitrogen and oxygen atoms in total. The molecule has 0 amide bonds. The van der Waals surface area contributed by atoms with Crippen molar-refractivity contribution in [3.63, 3.8) is 0 Å². The summed E-state index contributed by atoms with van der Waals surface area (Å²) in [6.45, 7) is 2.52. The van der Waals surface area contributed by atoms with Gasteiger partial charge in [-0.1, -0.05) is 49.1 Å². The molecule has 0 aliphatic heterocycles. The Morgan fingerprint density at radius 3 is 2.71 bits per heavy atom. The normalized spacial score (nSPS) is 10.8. The van der Waals surface area contributed by atoms with Gasteiger partial charge in [0.25, 0.3) is 5.56 Å². The Hall–Kier alpha value is -4.81. The van der Waals surface area contributed by atoms with Crippen molar-refractivity contribution in [3.8, 4) is 17.5 Å². The fourth-order valence-corrected chi connectivity index (χ4v) is 4.68. The van der Waals surface area contributed by atoms with E-state index in [0.717, 1.165) is 36.7 Å². The maximum Gasteiger partial charge on any atom is 0.267 e. The van der Waals surface area contributed by atoms with Crippen molar-refractivity contribution >= 4 is 34.1 Å². The van der Waals surface area contributed by atoms with E-state index >= 15 is 0 Å². The van der Waals surface area contributed by atoms with Crippen LogP contribution in [-0.4, -0.2) is 31.0 Å². The van der Waals surface area contributed by atoms with Crippen LogP contribution in [0.5, 0.6) is 0 Å². The van der Waals surface area contributed by atoms with Gasteiger partial charge in [-0.15, -0.1) is 0 Å². The zero-order chi connectivity index (χ0) is 28.8. The molecule has 0 unspecified atom stereocenters. The van der Waals surface area contributed by atoms with Gasteiger partial charge >= 0.3 is 0 Å². The van der Waals surface area contributed by atoms with Crippen molar-refractivity contribution in [2.75, 3.05) is 17.6 Å². The zero-order valence-electron chi connectivity index (χ0n) is 22.4. The topological polar surface area (TPSA) is 112 Å². The first kappa shape index (κ1) is 27.7. The van der Waals surface area contributed by atoms with Crippen LogP contribution in [0.25, 0.3) is 16.6 Å². The maximum atomic E-state index is 13.8. The van der Waals surface area contributed by atoms with Crippen molar-refractivity contribution in [1.29, 1.82) is 0 Å². The third kappa shape index (κ3) is 6.34. The fraction of sp³-hybridized carbons (Fsp3) is 0.194. The van der Waals surface area contributed by atoms with Crippen molar-refractivity contribution in [3.05, 3.63) is 111 Å². The first-order valence-corrected chi connectivity index (χ1v) is 13.6. The fourth-order valence-electron chi connectivity index (χ4n) is 4.43. The van der Waals surface area contributed by atoms with E-state index in [9.17, 15) is 9.18 Å². The smallest absolute Gasteiger partial charge is 0.267 e. The summed E-state index contributed by atoms with van der Waals surface area (Å²) in [4.78, 5) is 30.9. The predicted molar refractivity (Wildman–Crippen MR) is 160 cm³/mol. The van der Waals surface area contributed by atoms with Gasteiger partial charge < -0.3 is 11.1 Å². The average molecular weight is 568 g/mol. The van der Waals surface area contributed by atoms with E-state index in [2.05, 4.69) is 45.1 Å². The van der Waals surface area contributed by atoms with Gasteiger partial charge in [-0.25, -0.2) is 24.3 Å². The molecule has 0 saturated heterocycles. The van der Waals surface area contributed by atoms with Gasteiger partial charge in [-0.2, -0.15) is 0 Å². The number of hydrogen-bond acceptors (Lipinski definition) is 7. The van der Waals surface area contributed by atoms with Gasteiger partial charge in [-0.3, -0.25) is 9.36 Å². The lowest BCUT2D eigenvalue weighted by molar-refractivity contribution is 0.621. The highest BCUT2D eigenvalue weighted by Gasteiger charge is 2.16. The van der Waals surface area contributed by atoms with E-state index < -0.39 is 5.82 Å². The zero-order valence-corrected chi connectivity index (χ0v) is 23.1. The number of nitrogen functional groups attached to an aromatic ring is 1. The summed E-state index contributed by atoms with van der Waals surface area (Å²) in [5.74, 6) is 6.53. The SMILES string of the molecule is CCCCc1cccc(-n2c(CCNc3ncnc(N)c3C#Cc3ccc(F)cn3)nc3cccc(Cl)c3c2=O)c1. The van der Waals surface area contributed by atoms with E-state index in [-0.39, 0.29) is 11.4 Å². The molecule has 3 N–H and O–H groups in total. The Morgan fingerprint density at radius 2 is 1.90 bits per heavy atom. The van der Waals surface area contributed by atoms with Crippen LogP contribution < -0.4 is 16.6 Å². The summed E-state index contributed by atoms with van der Waals surface area (Å²) in [6, 6.07) is 16.0. The average Bonchev–Trinajstić information content (AvgIpc) is 2.97. The highest BCUT2D eigenvalue weighted by molar-refractivity contribution is 6.35. The molecule has 0 bridgehead atoms.